The van der Waals surface area contributed by atoms with Gasteiger partial charge < -0.3 is 10.4 Å². The third-order valence-electron chi connectivity index (χ3n) is 6.12. The van der Waals surface area contributed by atoms with E-state index < -0.39 is 42.6 Å². The summed E-state index contributed by atoms with van der Waals surface area (Å²) in [5.41, 5.74) is 0.779. The van der Waals surface area contributed by atoms with E-state index in [4.69, 9.17) is 0 Å². The van der Waals surface area contributed by atoms with E-state index in [0.29, 0.717) is 5.56 Å². The van der Waals surface area contributed by atoms with Crippen molar-refractivity contribution in [3.05, 3.63) is 76.5 Å². The summed E-state index contributed by atoms with van der Waals surface area (Å²) in [6.45, 7) is 0.460. The van der Waals surface area contributed by atoms with Gasteiger partial charge in [-0.25, -0.2) is 23.5 Å². The lowest BCUT2D eigenvalue weighted by atomic mass is 10.1. The van der Waals surface area contributed by atoms with Crippen LogP contribution >= 0.6 is 0 Å². The minimum atomic E-state index is -4.94. The van der Waals surface area contributed by atoms with Crippen LogP contribution in [0.15, 0.2) is 53.8 Å². The number of aromatic nitrogens is 7. The standard InChI is InChI=1S/C24H22F4N8O3/c1-13-2-4-14(5-3-13)21-33-35(23(39)34(21)10-19(37)24(26,27)28)11-20-30-12-36(32-20)18-9-29-7-6-15(18)22(38)31-17-8-16(17)25/h2-7,9,12,16-17,19,37H,8,10-11H2,1H3,(H,31,38)/t16-,17+,19-/m0/s1. The molecule has 1 aromatic carbocycles. The molecule has 5 rings (SSSR count). The van der Waals surface area contributed by atoms with Gasteiger partial charge in [-0.05, 0) is 13.0 Å². The quantitative estimate of drug-likeness (QED) is 0.322. The molecule has 39 heavy (non-hydrogen) atoms. The highest BCUT2D eigenvalue weighted by Crippen LogP contribution is 2.26. The molecule has 0 radical (unpaired) electrons. The number of carbonyl (C=O) groups is 1. The molecule has 1 saturated carbocycles. The highest BCUT2D eigenvalue weighted by Gasteiger charge is 2.40. The summed E-state index contributed by atoms with van der Waals surface area (Å²) in [6, 6.07) is 7.52. The lowest BCUT2D eigenvalue weighted by Gasteiger charge is -2.15. The maximum absolute atomic E-state index is 13.2. The first-order chi connectivity index (χ1) is 18.5. The predicted molar refractivity (Wildman–Crippen MR) is 128 cm³/mol. The number of aryl methyl sites for hydroxylation is 1. The minimum Gasteiger partial charge on any atom is -0.382 e. The second-order valence-corrected chi connectivity index (χ2v) is 9.13. The Hall–Kier alpha value is -4.40. The number of alkyl halides is 4. The number of hydrogen-bond donors (Lipinski definition) is 2. The summed E-state index contributed by atoms with van der Waals surface area (Å²) < 4.78 is 55.4. The fraction of sp³-hybridized carbons (Fsp3) is 0.333. The van der Waals surface area contributed by atoms with E-state index in [-0.39, 0.29) is 35.9 Å². The fourth-order valence-corrected chi connectivity index (χ4v) is 3.84. The summed E-state index contributed by atoms with van der Waals surface area (Å²) in [5, 5.41) is 20.7. The minimum absolute atomic E-state index is 0.0646. The average molecular weight is 546 g/mol. The number of carbonyl (C=O) groups excluding carboxylic acids is 1. The second-order valence-electron chi connectivity index (χ2n) is 9.13. The van der Waals surface area contributed by atoms with Crippen molar-refractivity contribution in [2.24, 2.45) is 0 Å². The highest BCUT2D eigenvalue weighted by atomic mass is 19.4. The van der Waals surface area contributed by atoms with E-state index in [1.165, 1.54) is 29.5 Å². The van der Waals surface area contributed by atoms with Gasteiger partial charge >= 0.3 is 11.9 Å². The van der Waals surface area contributed by atoms with Gasteiger partial charge in [0.1, 0.15) is 19.0 Å². The van der Waals surface area contributed by atoms with Crippen LogP contribution in [0.5, 0.6) is 0 Å². The van der Waals surface area contributed by atoms with Gasteiger partial charge in [-0.1, -0.05) is 29.8 Å². The third kappa shape index (κ3) is 5.57. The van der Waals surface area contributed by atoms with Gasteiger partial charge in [-0.3, -0.25) is 14.3 Å². The van der Waals surface area contributed by atoms with Crippen molar-refractivity contribution in [1.29, 1.82) is 0 Å². The van der Waals surface area contributed by atoms with E-state index in [2.05, 4.69) is 25.5 Å². The van der Waals surface area contributed by atoms with E-state index in [1.807, 2.05) is 6.92 Å². The summed E-state index contributed by atoms with van der Waals surface area (Å²) in [4.78, 5) is 33.8. The molecule has 11 nitrogen and oxygen atoms in total. The van der Waals surface area contributed by atoms with Gasteiger partial charge in [0.25, 0.3) is 5.91 Å². The third-order valence-corrected chi connectivity index (χ3v) is 6.12. The normalized spacial score (nSPS) is 17.7. The molecule has 0 saturated heterocycles. The number of hydrogen-bond acceptors (Lipinski definition) is 7. The van der Waals surface area contributed by atoms with Crippen molar-refractivity contribution in [2.75, 3.05) is 0 Å². The van der Waals surface area contributed by atoms with E-state index in [0.717, 1.165) is 14.8 Å². The Morgan fingerprint density at radius 1 is 1.21 bits per heavy atom. The molecule has 1 fully saturated rings. The largest absolute Gasteiger partial charge is 0.416 e. The number of benzene rings is 1. The summed E-state index contributed by atoms with van der Waals surface area (Å²) in [7, 11) is 0. The first kappa shape index (κ1) is 26.2. The summed E-state index contributed by atoms with van der Waals surface area (Å²) in [5.74, 6) is -0.523. The van der Waals surface area contributed by atoms with Crippen molar-refractivity contribution in [3.8, 4) is 17.1 Å². The highest BCUT2D eigenvalue weighted by molar-refractivity contribution is 5.97. The molecular formula is C24H22F4N8O3. The van der Waals surface area contributed by atoms with Crippen LogP contribution in [0.3, 0.4) is 0 Å². The Labute approximate surface area is 217 Å². The molecule has 3 atom stereocenters. The number of nitrogens with zero attached hydrogens (tertiary/aromatic N) is 7. The summed E-state index contributed by atoms with van der Waals surface area (Å²) >= 11 is 0. The molecule has 3 aromatic heterocycles. The van der Waals surface area contributed by atoms with Crippen LogP contribution in [0.1, 0.15) is 28.2 Å². The number of aliphatic hydroxyl groups is 1. The van der Waals surface area contributed by atoms with Gasteiger partial charge in [0.2, 0.25) is 0 Å². The van der Waals surface area contributed by atoms with Gasteiger partial charge in [-0.2, -0.15) is 13.2 Å². The zero-order valence-corrected chi connectivity index (χ0v) is 20.4. The van der Waals surface area contributed by atoms with Crippen molar-refractivity contribution < 1.29 is 27.5 Å². The average Bonchev–Trinajstić information content (AvgIpc) is 3.26. The van der Waals surface area contributed by atoms with Crippen molar-refractivity contribution in [2.45, 2.75) is 50.9 Å². The van der Waals surface area contributed by atoms with Crippen LogP contribution in [0, 0.1) is 6.92 Å². The number of amides is 1. The molecular weight excluding hydrogens is 524 g/mol. The zero-order valence-electron chi connectivity index (χ0n) is 20.4. The van der Waals surface area contributed by atoms with Crippen molar-refractivity contribution in [1.82, 2.24) is 39.4 Å². The Balaban J connectivity index is 1.44. The molecule has 1 aliphatic carbocycles. The molecule has 0 spiro atoms. The lowest BCUT2D eigenvalue weighted by Crippen LogP contribution is -2.37. The molecule has 2 N–H and O–H groups in total. The first-order valence-electron chi connectivity index (χ1n) is 11.8. The number of aliphatic hydroxyl groups excluding tert-OH is 1. The number of nitrogens with one attached hydrogen (secondary N) is 1. The van der Waals surface area contributed by atoms with E-state index >= 15 is 0 Å². The van der Waals surface area contributed by atoms with Crippen molar-refractivity contribution >= 4 is 5.91 Å². The maximum atomic E-state index is 13.2. The Morgan fingerprint density at radius 2 is 1.92 bits per heavy atom. The second kappa shape index (κ2) is 10.1. The van der Waals surface area contributed by atoms with Crippen LogP contribution < -0.4 is 11.0 Å². The monoisotopic (exact) mass is 546 g/mol. The molecule has 1 amide bonds. The van der Waals surface area contributed by atoms with Gasteiger partial charge in [0.15, 0.2) is 17.8 Å². The lowest BCUT2D eigenvalue weighted by molar-refractivity contribution is -0.207. The SMILES string of the molecule is Cc1ccc(-c2nn(Cc3ncn(-c4cnccc4C(=O)N[C@@H]4C[C@@H]4F)n3)c(=O)n2C[C@H](O)C(F)(F)F)cc1. The van der Waals surface area contributed by atoms with Gasteiger partial charge in [0, 0.05) is 18.2 Å². The van der Waals surface area contributed by atoms with Crippen LogP contribution in [0.2, 0.25) is 0 Å². The molecule has 0 bridgehead atoms. The molecule has 1 aliphatic rings. The Kier molecular flexibility index (Phi) is 6.76. The van der Waals surface area contributed by atoms with Crippen molar-refractivity contribution in [3.63, 3.8) is 0 Å². The molecule has 204 valence electrons. The molecule has 3 heterocycles. The maximum Gasteiger partial charge on any atom is 0.416 e. The van der Waals surface area contributed by atoms with Crippen LogP contribution in [-0.4, -0.2) is 69.6 Å². The fourth-order valence-electron chi connectivity index (χ4n) is 3.84. The van der Waals surface area contributed by atoms with E-state index in [9.17, 15) is 32.3 Å². The smallest absolute Gasteiger partial charge is 0.382 e. The number of rotatable bonds is 8. The Morgan fingerprint density at radius 3 is 2.59 bits per heavy atom. The predicted octanol–water partition coefficient (Wildman–Crippen LogP) is 1.81. The topological polar surface area (TPSA) is 133 Å². The first-order valence-corrected chi connectivity index (χ1v) is 11.8. The number of halogens is 4. The van der Waals surface area contributed by atoms with Gasteiger partial charge in [-0.15, -0.1) is 10.2 Å². The van der Waals surface area contributed by atoms with Crippen LogP contribution in [0.25, 0.3) is 17.1 Å². The zero-order chi connectivity index (χ0) is 27.9. The van der Waals surface area contributed by atoms with Gasteiger partial charge in [0.05, 0.1) is 30.0 Å². The van der Waals surface area contributed by atoms with Crippen LogP contribution in [-0.2, 0) is 13.1 Å². The number of pyridine rings is 1. The van der Waals surface area contributed by atoms with E-state index in [1.54, 1.807) is 24.3 Å². The molecule has 0 unspecified atom stereocenters. The summed E-state index contributed by atoms with van der Waals surface area (Å²) in [6.07, 6.45) is -4.54. The van der Waals surface area contributed by atoms with Crippen LogP contribution in [0.4, 0.5) is 17.6 Å². The molecule has 0 aliphatic heterocycles. The molecule has 15 heteroatoms. The Bertz CT molecular complexity index is 1560. The molecule has 4 aromatic rings.